The standard InChI is InChI=1S/C13H10F3NO2/c1-8-6-7-19-11(8)12(18)17-10-4-2-9(3-5-10)13(14,15)16/h2-7H,1H3,(H,17,18). The summed E-state index contributed by atoms with van der Waals surface area (Å²) >= 11 is 0. The number of hydrogen-bond acceptors (Lipinski definition) is 2. The molecule has 0 radical (unpaired) electrons. The SMILES string of the molecule is Cc1ccoc1C(=O)Nc1ccc(C(F)(F)F)cc1. The van der Waals surface area contributed by atoms with E-state index < -0.39 is 17.6 Å². The van der Waals surface area contributed by atoms with Gasteiger partial charge in [0.15, 0.2) is 5.76 Å². The van der Waals surface area contributed by atoms with Gasteiger partial charge in [0.1, 0.15) is 0 Å². The summed E-state index contributed by atoms with van der Waals surface area (Å²) in [5.41, 5.74) is 0.165. The molecule has 2 aromatic rings. The first kappa shape index (κ1) is 13.2. The van der Waals surface area contributed by atoms with E-state index in [-0.39, 0.29) is 11.4 Å². The molecule has 0 aliphatic rings. The summed E-state index contributed by atoms with van der Waals surface area (Å²) in [6, 6.07) is 5.83. The van der Waals surface area contributed by atoms with Crippen molar-refractivity contribution in [2.75, 3.05) is 5.32 Å². The summed E-state index contributed by atoms with van der Waals surface area (Å²) in [5, 5.41) is 2.46. The lowest BCUT2D eigenvalue weighted by Gasteiger charge is -2.08. The largest absolute Gasteiger partial charge is 0.459 e. The lowest BCUT2D eigenvalue weighted by atomic mass is 10.2. The minimum atomic E-state index is -4.39. The molecule has 0 spiro atoms. The normalized spacial score (nSPS) is 11.4. The number of carbonyl (C=O) groups excluding carboxylic acids is 1. The Morgan fingerprint density at radius 3 is 2.26 bits per heavy atom. The van der Waals surface area contributed by atoms with E-state index in [9.17, 15) is 18.0 Å². The van der Waals surface area contributed by atoms with Gasteiger partial charge >= 0.3 is 6.18 Å². The highest BCUT2D eigenvalue weighted by atomic mass is 19.4. The molecule has 0 fully saturated rings. The summed E-state index contributed by atoms with van der Waals surface area (Å²) in [6.07, 6.45) is -3.02. The van der Waals surface area contributed by atoms with Crippen LogP contribution < -0.4 is 5.32 Å². The van der Waals surface area contributed by atoms with Gasteiger partial charge in [-0.25, -0.2) is 0 Å². The van der Waals surface area contributed by atoms with E-state index >= 15 is 0 Å². The summed E-state index contributed by atoms with van der Waals surface area (Å²) in [6.45, 7) is 1.70. The number of carbonyl (C=O) groups is 1. The molecule has 0 atom stereocenters. The second-order valence-electron chi connectivity index (χ2n) is 3.96. The minimum absolute atomic E-state index is 0.139. The van der Waals surface area contributed by atoms with Crippen molar-refractivity contribution in [2.45, 2.75) is 13.1 Å². The Morgan fingerprint density at radius 1 is 1.16 bits per heavy atom. The third kappa shape index (κ3) is 2.96. The Morgan fingerprint density at radius 2 is 1.79 bits per heavy atom. The summed E-state index contributed by atoms with van der Waals surface area (Å²) in [4.78, 5) is 11.8. The van der Waals surface area contributed by atoms with Crippen molar-refractivity contribution >= 4 is 11.6 Å². The molecule has 1 amide bonds. The van der Waals surface area contributed by atoms with Crippen LogP contribution in [0.15, 0.2) is 41.0 Å². The number of rotatable bonds is 2. The number of aryl methyl sites for hydroxylation is 1. The predicted octanol–water partition coefficient (Wildman–Crippen LogP) is 3.86. The number of amides is 1. The lowest BCUT2D eigenvalue weighted by Crippen LogP contribution is -2.12. The van der Waals surface area contributed by atoms with Crippen molar-refractivity contribution < 1.29 is 22.4 Å². The maximum Gasteiger partial charge on any atom is 0.416 e. The molecule has 2 rings (SSSR count). The van der Waals surface area contributed by atoms with Crippen LogP contribution >= 0.6 is 0 Å². The van der Waals surface area contributed by atoms with Crippen LogP contribution in [0.25, 0.3) is 0 Å². The molecule has 100 valence electrons. The quantitative estimate of drug-likeness (QED) is 0.899. The van der Waals surface area contributed by atoms with Crippen molar-refractivity contribution in [1.29, 1.82) is 0 Å². The van der Waals surface area contributed by atoms with Gasteiger partial charge in [0.25, 0.3) is 5.91 Å². The predicted molar refractivity (Wildman–Crippen MR) is 62.8 cm³/mol. The molecule has 0 aliphatic heterocycles. The van der Waals surface area contributed by atoms with Crippen LogP contribution in [0, 0.1) is 6.92 Å². The third-order valence-corrected chi connectivity index (χ3v) is 2.54. The highest BCUT2D eigenvalue weighted by molar-refractivity contribution is 6.03. The molecule has 0 saturated carbocycles. The van der Waals surface area contributed by atoms with Gasteiger partial charge in [0.05, 0.1) is 11.8 Å². The molecule has 0 saturated heterocycles. The van der Waals surface area contributed by atoms with E-state index in [1.807, 2.05) is 0 Å². The topological polar surface area (TPSA) is 42.2 Å². The monoisotopic (exact) mass is 269 g/mol. The van der Waals surface area contributed by atoms with Crippen molar-refractivity contribution in [1.82, 2.24) is 0 Å². The first-order chi connectivity index (χ1) is 8.88. The highest BCUT2D eigenvalue weighted by Gasteiger charge is 2.30. The second-order valence-corrected chi connectivity index (χ2v) is 3.96. The first-order valence-corrected chi connectivity index (χ1v) is 5.40. The minimum Gasteiger partial charge on any atom is -0.459 e. The Bertz CT molecular complexity index is 585. The third-order valence-electron chi connectivity index (χ3n) is 2.54. The van der Waals surface area contributed by atoms with Gasteiger partial charge in [-0.15, -0.1) is 0 Å². The van der Waals surface area contributed by atoms with Crippen LogP contribution in [0.2, 0.25) is 0 Å². The van der Waals surface area contributed by atoms with E-state index in [4.69, 9.17) is 4.42 Å². The molecule has 0 aliphatic carbocycles. The van der Waals surface area contributed by atoms with Gasteiger partial charge in [0, 0.05) is 11.3 Å². The van der Waals surface area contributed by atoms with Crippen molar-refractivity contribution in [3.63, 3.8) is 0 Å². The van der Waals surface area contributed by atoms with Crippen molar-refractivity contribution in [3.8, 4) is 0 Å². The van der Waals surface area contributed by atoms with Crippen LogP contribution in [0.3, 0.4) is 0 Å². The fourth-order valence-electron chi connectivity index (χ4n) is 1.54. The zero-order chi connectivity index (χ0) is 14.0. The number of nitrogens with one attached hydrogen (secondary N) is 1. The van der Waals surface area contributed by atoms with Gasteiger partial charge < -0.3 is 9.73 Å². The fraction of sp³-hybridized carbons (Fsp3) is 0.154. The van der Waals surface area contributed by atoms with E-state index in [1.54, 1.807) is 13.0 Å². The van der Waals surface area contributed by atoms with Gasteiger partial charge in [0.2, 0.25) is 0 Å². The van der Waals surface area contributed by atoms with Gasteiger partial charge in [-0.05, 0) is 37.3 Å². The van der Waals surface area contributed by atoms with E-state index in [2.05, 4.69) is 5.32 Å². The van der Waals surface area contributed by atoms with Crippen LogP contribution in [-0.4, -0.2) is 5.91 Å². The highest BCUT2D eigenvalue weighted by Crippen LogP contribution is 2.29. The second kappa shape index (κ2) is 4.79. The number of furan rings is 1. The Hall–Kier alpha value is -2.24. The van der Waals surface area contributed by atoms with Crippen molar-refractivity contribution in [2.24, 2.45) is 0 Å². The average molecular weight is 269 g/mol. The molecule has 6 heteroatoms. The zero-order valence-electron chi connectivity index (χ0n) is 9.91. The van der Waals surface area contributed by atoms with Gasteiger partial charge in [-0.3, -0.25) is 4.79 Å². The molecular formula is C13H10F3NO2. The van der Waals surface area contributed by atoms with E-state index in [0.29, 0.717) is 5.56 Å². The number of alkyl halides is 3. The van der Waals surface area contributed by atoms with Crippen LogP contribution in [0.5, 0.6) is 0 Å². The lowest BCUT2D eigenvalue weighted by molar-refractivity contribution is -0.137. The molecule has 1 aromatic carbocycles. The van der Waals surface area contributed by atoms with E-state index in [0.717, 1.165) is 12.1 Å². The van der Waals surface area contributed by atoms with Crippen molar-refractivity contribution in [3.05, 3.63) is 53.5 Å². The molecule has 0 bridgehead atoms. The van der Waals surface area contributed by atoms with Gasteiger partial charge in [-0.2, -0.15) is 13.2 Å². The maximum atomic E-state index is 12.4. The van der Waals surface area contributed by atoms with Crippen LogP contribution in [0.4, 0.5) is 18.9 Å². The number of hydrogen-bond donors (Lipinski definition) is 1. The van der Waals surface area contributed by atoms with Crippen LogP contribution in [0.1, 0.15) is 21.7 Å². The molecule has 1 heterocycles. The number of halogens is 3. The molecule has 0 unspecified atom stereocenters. The zero-order valence-corrected chi connectivity index (χ0v) is 9.91. The number of anilines is 1. The molecular weight excluding hydrogens is 259 g/mol. The fourth-order valence-corrected chi connectivity index (χ4v) is 1.54. The summed E-state index contributed by atoms with van der Waals surface area (Å²) < 4.78 is 42.1. The molecule has 1 N–H and O–H groups in total. The summed E-state index contributed by atoms with van der Waals surface area (Å²) in [7, 11) is 0. The first-order valence-electron chi connectivity index (χ1n) is 5.40. The maximum absolute atomic E-state index is 12.4. The van der Waals surface area contributed by atoms with E-state index in [1.165, 1.54) is 18.4 Å². The Labute approximate surface area is 107 Å². The Kier molecular flexibility index (Phi) is 3.33. The van der Waals surface area contributed by atoms with Gasteiger partial charge in [-0.1, -0.05) is 0 Å². The average Bonchev–Trinajstić information content (AvgIpc) is 2.75. The van der Waals surface area contributed by atoms with Crippen LogP contribution in [-0.2, 0) is 6.18 Å². The molecule has 19 heavy (non-hydrogen) atoms. The Balaban J connectivity index is 2.12. The smallest absolute Gasteiger partial charge is 0.416 e. The summed E-state index contributed by atoms with van der Waals surface area (Å²) in [5.74, 6) is -0.359. The molecule has 1 aromatic heterocycles. The molecule has 3 nitrogen and oxygen atoms in total. The number of benzene rings is 1.